The Kier molecular flexibility index (Phi) is 3.87. The van der Waals surface area contributed by atoms with Gasteiger partial charge in [0.2, 0.25) is 0 Å². The number of hydrogen-bond donors (Lipinski definition) is 0. The van der Waals surface area contributed by atoms with Gasteiger partial charge in [0.15, 0.2) is 0 Å². The number of rotatable bonds is 3. The van der Waals surface area contributed by atoms with E-state index in [1.54, 1.807) is 6.20 Å². The van der Waals surface area contributed by atoms with Gasteiger partial charge < -0.3 is 4.74 Å². The number of esters is 1. The van der Waals surface area contributed by atoms with Crippen LogP contribution in [0.4, 0.5) is 0 Å². The molecule has 0 bridgehead atoms. The van der Waals surface area contributed by atoms with Crippen molar-refractivity contribution in [3.05, 3.63) is 41.4 Å². The van der Waals surface area contributed by atoms with E-state index in [4.69, 9.17) is 4.74 Å². The normalized spacial score (nSPS) is 15.3. The maximum atomic E-state index is 11.6. The van der Waals surface area contributed by atoms with Crippen LogP contribution in [0, 0.1) is 0 Å². The van der Waals surface area contributed by atoms with Crippen LogP contribution in [0.5, 0.6) is 0 Å². The molecule has 94 valence electrons. The van der Waals surface area contributed by atoms with E-state index >= 15 is 0 Å². The van der Waals surface area contributed by atoms with Crippen LogP contribution in [0.25, 0.3) is 0 Å². The SMILES string of the molecule is CCC1=C(C(=O)OC)CCC(c2ccccn2)=N1. The average Bonchev–Trinajstić information content (AvgIpc) is 2.46. The quantitative estimate of drug-likeness (QED) is 0.768. The number of aromatic nitrogens is 1. The topological polar surface area (TPSA) is 51.5 Å². The van der Waals surface area contributed by atoms with Crippen molar-refractivity contribution in [2.24, 2.45) is 4.99 Å². The fourth-order valence-electron chi connectivity index (χ4n) is 2.03. The lowest BCUT2D eigenvalue weighted by atomic mass is 9.99. The number of ether oxygens (including phenoxy) is 1. The molecule has 0 N–H and O–H groups in total. The first-order valence-corrected chi connectivity index (χ1v) is 6.05. The van der Waals surface area contributed by atoms with Gasteiger partial charge in [0.1, 0.15) is 0 Å². The van der Waals surface area contributed by atoms with Gasteiger partial charge in [-0.25, -0.2) is 4.79 Å². The van der Waals surface area contributed by atoms with E-state index in [0.29, 0.717) is 12.0 Å². The molecule has 0 spiro atoms. The second kappa shape index (κ2) is 5.58. The molecule has 0 unspecified atom stereocenters. The number of carbonyl (C=O) groups excluding carboxylic acids is 1. The largest absolute Gasteiger partial charge is 0.466 e. The molecule has 0 atom stereocenters. The van der Waals surface area contributed by atoms with E-state index in [1.807, 2.05) is 25.1 Å². The van der Waals surface area contributed by atoms with Gasteiger partial charge in [0.05, 0.1) is 29.8 Å². The summed E-state index contributed by atoms with van der Waals surface area (Å²) in [6, 6.07) is 5.76. The van der Waals surface area contributed by atoms with Crippen molar-refractivity contribution in [1.82, 2.24) is 4.98 Å². The zero-order chi connectivity index (χ0) is 13.0. The molecular weight excluding hydrogens is 228 g/mol. The van der Waals surface area contributed by atoms with Crippen LogP contribution in [0.15, 0.2) is 40.7 Å². The van der Waals surface area contributed by atoms with E-state index in [-0.39, 0.29) is 5.97 Å². The molecule has 0 saturated heterocycles. The van der Waals surface area contributed by atoms with Crippen molar-refractivity contribution in [2.75, 3.05) is 7.11 Å². The third kappa shape index (κ3) is 2.47. The number of carbonyl (C=O) groups is 1. The van der Waals surface area contributed by atoms with Crippen molar-refractivity contribution in [3.8, 4) is 0 Å². The minimum atomic E-state index is -0.268. The number of nitrogens with zero attached hydrogens (tertiary/aromatic N) is 2. The van der Waals surface area contributed by atoms with Crippen molar-refractivity contribution < 1.29 is 9.53 Å². The molecular formula is C14H16N2O2. The standard InChI is InChI=1S/C14H16N2O2/c1-3-11-10(14(17)18-2)7-8-13(16-11)12-6-4-5-9-15-12/h4-6,9H,3,7-8H2,1-2H3. The lowest BCUT2D eigenvalue weighted by molar-refractivity contribution is -0.136. The molecule has 18 heavy (non-hydrogen) atoms. The molecule has 0 fully saturated rings. The summed E-state index contributed by atoms with van der Waals surface area (Å²) in [6.07, 6.45) is 3.87. The van der Waals surface area contributed by atoms with Crippen LogP contribution in [-0.4, -0.2) is 23.8 Å². The van der Waals surface area contributed by atoms with Gasteiger partial charge in [-0.15, -0.1) is 0 Å². The monoisotopic (exact) mass is 244 g/mol. The Bertz CT molecular complexity index is 504. The minimum Gasteiger partial charge on any atom is -0.466 e. The Hall–Kier alpha value is -1.97. The first-order chi connectivity index (χ1) is 8.76. The molecule has 0 radical (unpaired) electrons. The predicted octanol–water partition coefficient (Wildman–Crippen LogP) is 2.50. The molecule has 4 nitrogen and oxygen atoms in total. The number of methoxy groups -OCH3 is 1. The summed E-state index contributed by atoms with van der Waals surface area (Å²) in [6.45, 7) is 1.99. The van der Waals surface area contributed by atoms with E-state index in [0.717, 1.165) is 29.9 Å². The first kappa shape index (κ1) is 12.5. The molecule has 2 heterocycles. The summed E-state index contributed by atoms with van der Waals surface area (Å²) in [4.78, 5) is 20.5. The van der Waals surface area contributed by atoms with Gasteiger partial charge in [-0.3, -0.25) is 9.98 Å². The molecule has 0 aliphatic carbocycles. The van der Waals surface area contributed by atoms with E-state index in [9.17, 15) is 4.79 Å². The van der Waals surface area contributed by atoms with Crippen LogP contribution in [-0.2, 0) is 9.53 Å². The molecule has 1 aliphatic heterocycles. The third-order valence-corrected chi connectivity index (χ3v) is 2.96. The van der Waals surface area contributed by atoms with Gasteiger partial charge >= 0.3 is 5.97 Å². The van der Waals surface area contributed by atoms with E-state index in [2.05, 4.69) is 9.98 Å². The van der Waals surface area contributed by atoms with Crippen LogP contribution >= 0.6 is 0 Å². The molecule has 2 rings (SSSR count). The lowest BCUT2D eigenvalue weighted by Crippen LogP contribution is -2.15. The van der Waals surface area contributed by atoms with Crippen molar-refractivity contribution >= 4 is 11.7 Å². The van der Waals surface area contributed by atoms with Gasteiger partial charge in [0.25, 0.3) is 0 Å². The summed E-state index contributed by atoms with van der Waals surface area (Å²) in [5.41, 5.74) is 3.33. The summed E-state index contributed by atoms with van der Waals surface area (Å²) >= 11 is 0. The Labute approximate surface area is 106 Å². The zero-order valence-corrected chi connectivity index (χ0v) is 10.6. The van der Waals surface area contributed by atoms with Crippen LogP contribution in [0.1, 0.15) is 31.9 Å². The third-order valence-electron chi connectivity index (χ3n) is 2.96. The highest BCUT2D eigenvalue weighted by molar-refractivity contribution is 6.02. The smallest absolute Gasteiger partial charge is 0.335 e. The molecule has 1 aromatic rings. The van der Waals surface area contributed by atoms with E-state index in [1.165, 1.54) is 7.11 Å². The van der Waals surface area contributed by atoms with Gasteiger partial charge in [-0.2, -0.15) is 0 Å². The van der Waals surface area contributed by atoms with Crippen LogP contribution in [0.3, 0.4) is 0 Å². The van der Waals surface area contributed by atoms with Crippen molar-refractivity contribution in [2.45, 2.75) is 26.2 Å². The molecule has 0 amide bonds. The second-order valence-electron chi connectivity index (χ2n) is 4.04. The molecule has 0 saturated carbocycles. The maximum absolute atomic E-state index is 11.6. The fraction of sp³-hybridized carbons (Fsp3) is 0.357. The maximum Gasteiger partial charge on any atom is 0.335 e. The molecule has 1 aromatic heterocycles. The Morgan fingerprint density at radius 1 is 1.39 bits per heavy atom. The Balaban J connectivity index is 2.35. The summed E-state index contributed by atoms with van der Waals surface area (Å²) < 4.78 is 4.78. The van der Waals surface area contributed by atoms with Gasteiger partial charge in [-0.05, 0) is 31.4 Å². The average molecular weight is 244 g/mol. The predicted molar refractivity (Wildman–Crippen MR) is 69.3 cm³/mol. The lowest BCUT2D eigenvalue weighted by Gasteiger charge is -2.16. The number of hydrogen-bond acceptors (Lipinski definition) is 4. The number of aliphatic imine (C=N–C) groups is 1. The van der Waals surface area contributed by atoms with Crippen molar-refractivity contribution in [3.63, 3.8) is 0 Å². The number of pyridine rings is 1. The van der Waals surface area contributed by atoms with Crippen LogP contribution < -0.4 is 0 Å². The molecule has 0 aromatic carbocycles. The molecule has 1 aliphatic rings. The highest BCUT2D eigenvalue weighted by atomic mass is 16.5. The first-order valence-electron chi connectivity index (χ1n) is 6.05. The highest BCUT2D eigenvalue weighted by Crippen LogP contribution is 2.24. The Morgan fingerprint density at radius 3 is 2.83 bits per heavy atom. The van der Waals surface area contributed by atoms with Crippen LogP contribution in [0.2, 0.25) is 0 Å². The molecule has 4 heteroatoms. The second-order valence-corrected chi connectivity index (χ2v) is 4.04. The van der Waals surface area contributed by atoms with Crippen molar-refractivity contribution in [1.29, 1.82) is 0 Å². The zero-order valence-electron chi connectivity index (χ0n) is 10.6. The van der Waals surface area contributed by atoms with E-state index < -0.39 is 0 Å². The highest BCUT2D eigenvalue weighted by Gasteiger charge is 2.21. The van der Waals surface area contributed by atoms with Gasteiger partial charge in [0, 0.05) is 6.20 Å². The minimum absolute atomic E-state index is 0.268. The summed E-state index contributed by atoms with van der Waals surface area (Å²) in [5, 5.41) is 0. The summed E-state index contributed by atoms with van der Waals surface area (Å²) in [5.74, 6) is -0.268. The summed E-state index contributed by atoms with van der Waals surface area (Å²) in [7, 11) is 1.40. The van der Waals surface area contributed by atoms with Gasteiger partial charge in [-0.1, -0.05) is 13.0 Å². The Morgan fingerprint density at radius 2 is 2.22 bits per heavy atom. The number of allylic oxidation sites excluding steroid dienone is 1. The fourth-order valence-corrected chi connectivity index (χ4v) is 2.03.